The van der Waals surface area contributed by atoms with Crippen LogP contribution in [0.5, 0.6) is 0 Å². The van der Waals surface area contributed by atoms with E-state index in [4.69, 9.17) is 0 Å². The van der Waals surface area contributed by atoms with Crippen molar-refractivity contribution in [3.05, 3.63) is 71.3 Å². The van der Waals surface area contributed by atoms with Gasteiger partial charge in [-0.25, -0.2) is 4.79 Å². The van der Waals surface area contributed by atoms with Crippen molar-refractivity contribution in [3.8, 4) is 0 Å². The number of β-amino-alcohol motifs (C(OH)–C–C–N with tert-alkyl or cyclic N) is 1. The van der Waals surface area contributed by atoms with Gasteiger partial charge in [0.05, 0.1) is 11.7 Å². The van der Waals surface area contributed by atoms with Gasteiger partial charge in [-0.3, -0.25) is 4.79 Å². The molecule has 33 heavy (non-hydrogen) atoms. The minimum Gasteiger partial charge on any atom is -0.391 e. The van der Waals surface area contributed by atoms with Gasteiger partial charge in [-0.15, -0.1) is 0 Å². The van der Waals surface area contributed by atoms with Crippen molar-refractivity contribution < 1.29 is 27.9 Å². The van der Waals surface area contributed by atoms with Gasteiger partial charge in [-0.2, -0.15) is 13.2 Å². The molecule has 176 valence electrons. The van der Waals surface area contributed by atoms with E-state index >= 15 is 0 Å². The molecule has 0 aromatic heterocycles. The molecule has 2 amide bonds. The van der Waals surface area contributed by atoms with E-state index in [1.165, 1.54) is 12.1 Å². The van der Waals surface area contributed by atoms with Crippen LogP contribution in [0.2, 0.25) is 0 Å². The number of ketones is 1. The lowest BCUT2D eigenvalue weighted by Gasteiger charge is -2.39. The highest BCUT2D eigenvalue weighted by molar-refractivity contribution is 5.96. The number of benzene rings is 2. The number of halogens is 3. The third kappa shape index (κ3) is 5.55. The molecule has 2 saturated heterocycles. The van der Waals surface area contributed by atoms with Crippen LogP contribution in [0.15, 0.2) is 54.6 Å². The summed E-state index contributed by atoms with van der Waals surface area (Å²) < 4.78 is 39.0. The van der Waals surface area contributed by atoms with Gasteiger partial charge in [-0.1, -0.05) is 42.5 Å². The van der Waals surface area contributed by atoms with Crippen LogP contribution in [-0.2, 0) is 6.18 Å². The number of amides is 2. The zero-order chi connectivity index (χ0) is 23.6. The van der Waals surface area contributed by atoms with Crippen molar-refractivity contribution in [1.29, 1.82) is 0 Å². The molecule has 2 aliphatic rings. The normalized spacial score (nSPS) is 23.6. The first-order valence-corrected chi connectivity index (χ1v) is 11.2. The lowest BCUT2D eigenvalue weighted by atomic mass is 9.81. The fourth-order valence-electron chi connectivity index (χ4n) is 4.81. The predicted molar refractivity (Wildman–Crippen MR) is 117 cm³/mol. The molecular formula is C25H27F3N2O3. The number of rotatable bonds is 4. The maximum atomic E-state index is 13.1. The number of aliphatic hydroxyl groups excluding tert-OH is 1. The molecule has 3 atom stereocenters. The van der Waals surface area contributed by atoms with Gasteiger partial charge < -0.3 is 14.9 Å². The first kappa shape index (κ1) is 23.3. The number of hydrogen-bond donors (Lipinski definition) is 1. The molecule has 2 heterocycles. The molecule has 0 bridgehead atoms. The highest BCUT2D eigenvalue weighted by Gasteiger charge is 2.36. The Morgan fingerprint density at radius 3 is 2.24 bits per heavy atom. The van der Waals surface area contributed by atoms with E-state index in [1.54, 1.807) is 34.1 Å². The first-order chi connectivity index (χ1) is 15.7. The maximum absolute atomic E-state index is 13.1. The fourth-order valence-corrected chi connectivity index (χ4v) is 4.81. The van der Waals surface area contributed by atoms with E-state index < -0.39 is 17.8 Å². The van der Waals surface area contributed by atoms with Crippen molar-refractivity contribution >= 4 is 11.8 Å². The smallest absolute Gasteiger partial charge is 0.391 e. The summed E-state index contributed by atoms with van der Waals surface area (Å²) >= 11 is 0. The molecule has 4 rings (SSSR count). The Morgan fingerprint density at radius 1 is 0.939 bits per heavy atom. The average molecular weight is 460 g/mol. The van der Waals surface area contributed by atoms with Crippen molar-refractivity contribution in [2.24, 2.45) is 5.92 Å². The SMILES string of the molecule is O=C(CC1CC(c2ccc(C(F)(F)F)cc2)CN(C(=O)N2CC[C@H](O)C2)C1)c1ccccc1. The second-order valence-corrected chi connectivity index (χ2v) is 8.99. The van der Waals surface area contributed by atoms with Crippen LogP contribution < -0.4 is 0 Å². The molecule has 2 aliphatic heterocycles. The van der Waals surface area contributed by atoms with E-state index in [9.17, 15) is 27.9 Å². The number of carbonyl (C=O) groups excluding carboxylic acids is 2. The second kappa shape index (κ2) is 9.55. The van der Waals surface area contributed by atoms with Gasteiger partial charge in [0.25, 0.3) is 0 Å². The quantitative estimate of drug-likeness (QED) is 0.680. The molecule has 1 N–H and O–H groups in total. The van der Waals surface area contributed by atoms with E-state index in [1.807, 2.05) is 6.07 Å². The lowest BCUT2D eigenvalue weighted by Crippen LogP contribution is -2.49. The largest absolute Gasteiger partial charge is 0.416 e. The molecule has 0 radical (unpaired) electrons. The van der Waals surface area contributed by atoms with Gasteiger partial charge in [0, 0.05) is 44.1 Å². The molecule has 0 saturated carbocycles. The molecular weight excluding hydrogens is 433 g/mol. The molecule has 5 nitrogen and oxygen atoms in total. The zero-order valence-electron chi connectivity index (χ0n) is 18.2. The molecule has 8 heteroatoms. The van der Waals surface area contributed by atoms with Crippen LogP contribution in [0.3, 0.4) is 0 Å². The summed E-state index contributed by atoms with van der Waals surface area (Å²) in [5.74, 6) is -0.307. The summed E-state index contributed by atoms with van der Waals surface area (Å²) in [6.07, 6.45) is -3.56. The van der Waals surface area contributed by atoms with Crippen molar-refractivity contribution in [2.45, 2.75) is 37.5 Å². The summed E-state index contributed by atoms with van der Waals surface area (Å²) in [6, 6.07) is 13.8. The minimum atomic E-state index is -4.41. The maximum Gasteiger partial charge on any atom is 0.416 e. The average Bonchev–Trinajstić information content (AvgIpc) is 3.24. The van der Waals surface area contributed by atoms with Gasteiger partial charge in [0.15, 0.2) is 5.78 Å². The molecule has 2 aromatic carbocycles. The van der Waals surface area contributed by atoms with E-state index in [2.05, 4.69) is 0 Å². The van der Waals surface area contributed by atoms with Gasteiger partial charge in [0.1, 0.15) is 0 Å². The molecule has 2 fully saturated rings. The van der Waals surface area contributed by atoms with Crippen molar-refractivity contribution in [2.75, 3.05) is 26.2 Å². The Hall–Kier alpha value is -2.87. The summed E-state index contributed by atoms with van der Waals surface area (Å²) in [6.45, 7) is 1.51. The zero-order valence-corrected chi connectivity index (χ0v) is 18.2. The summed E-state index contributed by atoms with van der Waals surface area (Å²) in [5.41, 5.74) is 0.616. The third-order valence-corrected chi connectivity index (χ3v) is 6.52. The van der Waals surface area contributed by atoms with Crippen LogP contribution in [0.4, 0.5) is 18.0 Å². The number of hydrogen-bond acceptors (Lipinski definition) is 3. The minimum absolute atomic E-state index is 0.0161. The van der Waals surface area contributed by atoms with Gasteiger partial charge >= 0.3 is 12.2 Å². The van der Waals surface area contributed by atoms with Crippen LogP contribution in [0, 0.1) is 5.92 Å². The molecule has 0 aliphatic carbocycles. The first-order valence-electron chi connectivity index (χ1n) is 11.2. The number of likely N-dealkylation sites (tertiary alicyclic amines) is 2. The van der Waals surface area contributed by atoms with E-state index in [0.717, 1.165) is 17.7 Å². The number of aliphatic hydroxyl groups is 1. The number of alkyl halides is 3. The Morgan fingerprint density at radius 2 is 1.64 bits per heavy atom. The van der Waals surface area contributed by atoms with Crippen LogP contribution >= 0.6 is 0 Å². The van der Waals surface area contributed by atoms with Crippen molar-refractivity contribution in [3.63, 3.8) is 0 Å². The van der Waals surface area contributed by atoms with E-state index in [0.29, 0.717) is 38.0 Å². The number of piperidine rings is 1. The van der Waals surface area contributed by atoms with Crippen LogP contribution in [-0.4, -0.2) is 59.0 Å². The fraction of sp³-hybridized carbons (Fsp3) is 0.440. The Bertz CT molecular complexity index is 979. The van der Waals surface area contributed by atoms with E-state index in [-0.39, 0.29) is 36.6 Å². The van der Waals surface area contributed by atoms with Gasteiger partial charge in [-0.05, 0) is 36.5 Å². The number of nitrogens with zero attached hydrogens (tertiary/aromatic N) is 2. The van der Waals surface area contributed by atoms with Crippen LogP contribution in [0.1, 0.15) is 46.7 Å². The number of carbonyl (C=O) groups is 2. The van der Waals surface area contributed by atoms with Gasteiger partial charge in [0.2, 0.25) is 0 Å². The standard InChI is InChI=1S/C25H27F3N2O3/c26-25(27,28)21-8-6-18(7-9-21)20-12-17(13-23(32)19-4-2-1-3-5-19)14-30(15-20)24(33)29-11-10-22(31)16-29/h1-9,17,20,22,31H,10-16H2/t17?,20?,22-/m0/s1. The predicted octanol–water partition coefficient (Wildman–Crippen LogP) is 4.57. The summed E-state index contributed by atoms with van der Waals surface area (Å²) in [5, 5.41) is 9.82. The monoisotopic (exact) mass is 460 g/mol. The highest BCUT2D eigenvalue weighted by Crippen LogP contribution is 2.35. The topological polar surface area (TPSA) is 60.9 Å². The molecule has 2 unspecified atom stereocenters. The molecule has 0 spiro atoms. The molecule has 2 aromatic rings. The van der Waals surface area contributed by atoms with Crippen LogP contribution in [0.25, 0.3) is 0 Å². The number of urea groups is 1. The Kier molecular flexibility index (Phi) is 6.74. The Balaban J connectivity index is 1.54. The lowest BCUT2D eigenvalue weighted by molar-refractivity contribution is -0.137. The highest BCUT2D eigenvalue weighted by atomic mass is 19.4. The second-order valence-electron chi connectivity index (χ2n) is 8.99. The Labute approximate surface area is 190 Å². The summed E-state index contributed by atoms with van der Waals surface area (Å²) in [4.78, 5) is 29.2. The number of Topliss-reactive ketones (excluding diaryl/α,β-unsaturated/α-hetero) is 1. The van der Waals surface area contributed by atoms with Crippen molar-refractivity contribution in [1.82, 2.24) is 9.80 Å². The third-order valence-electron chi connectivity index (χ3n) is 6.52. The summed E-state index contributed by atoms with van der Waals surface area (Å²) in [7, 11) is 0.